The van der Waals surface area contributed by atoms with Gasteiger partial charge in [0, 0.05) is 33.8 Å². The first-order valence-corrected chi connectivity index (χ1v) is 18.4. The van der Waals surface area contributed by atoms with E-state index in [-0.39, 0.29) is 23.0 Å². The Labute approximate surface area is 298 Å². The maximum atomic E-state index is 7.35. The van der Waals surface area contributed by atoms with Crippen LogP contribution >= 0.6 is 0 Å². The zero-order valence-corrected chi connectivity index (χ0v) is 31.0. The SMILES string of the molecule is Cc1ccccc1N1c2ccc(C(C)(C)C)cc2B2c3oc4cc5c(cc4c3N(c3ccccc3C)c3cccc1c32)C(C)(C)CCC5(C)C. The highest BCUT2D eigenvalue weighted by Gasteiger charge is 2.48. The molecule has 0 N–H and O–H groups in total. The first-order chi connectivity index (χ1) is 23.8. The second-order valence-corrected chi connectivity index (χ2v) is 17.4. The minimum atomic E-state index is -0.0560. The van der Waals surface area contributed by atoms with Crippen LogP contribution in [0.4, 0.5) is 34.1 Å². The molecule has 1 aliphatic carbocycles. The summed E-state index contributed by atoms with van der Waals surface area (Å²) in [7, 11) is 0. The molecule has 0 bridgehead atoms. The van der Waals surface area contributed by atoms with Crippen molar-refractivity contribution in [3.8, 4) is 0 Å². The summed E-state index contributed by atoms with van der Waals surface area (Å²) >= 11 is 0. The van der Waals surface area contributed by atoms with Crippen molar-refractivity contribution in [1.29, 1.82) is 0 Å². The van der Waals surface area contributed by atoms with Gasteiger partial charge < -0.3 is 14.2 Å². The van der Waals surface area contributed by atoms with Crippen LogP contribution < -0.4 is 26.4 Å². The predicted octanol–water partition coefficient (Wildman–Crippen LogP) is 10.8. The summed E-state index contributed by atoms with van der Waals surface area (Å²) in [5.74, 6) is 0. The summed E-state index contributed by atoms with van der Waals surface area (Å²) in [6, 6.07) is 36.6. The lowest BCUT2D eigenvalue weighted by Crippen LogP contribution is -2.61. The van der Waals surface area contributed by atoms with Gasteiger partial charge in [-0.25, -0.2) is 0 Å². The lowest BCUT2D eigenvalue weighted by molar-refractivity contribution is 0.332. The highest BCUT2D eigenvalue weighted by atomic mass is 16.3. The molecular weight excluding hydrogens is 607 g/mol. The summed E-state index contributed by atoms with van der Waals surface area (Å²) in [5.41, 5.74) is 18.8. The van der Waals surface area contributed by atoms with E-state index in [0.29, 0.717) is 0 Å². The zero-order valence-electron chi connectivity index (χ0n) is 31.0. The van der Waals surface area contributed by atoms with Gasteiger partial charge in [0.15, 0.2) is 0 Å². The molecule has 0 saturated carbocycles. The maximum absolute atomic E-state index is 7.35. The van der Waals surface area contributed by atoms with Crippen LogP contribution in [0.2, 0.25) is 0 Å². The average Bonchev–Trinajstić information content (AvgIpc) is 3.45. The molecule has 0 spiro atoms. The van der Waals surface area contributed by atoms with Crippen LogP contribution in [0.5, 0.6) is 0 Å². The third-order valence-electron chi connectivity index (χ3n) is 12.1. The van der Waals surface area contributed by atoms with E-state index in [4.69, 9.17) is 4.42 Å². The largest absolute Gasteiger partial charge is 0.468 e. The normalized spacial score (nSPS) is 16.9. The summed E-state index contributed by atoms with van der Waals surface area (Å²) in [6.45, 7) is 21.0. The number of fused-ring (bicyclic) bond motifs is 7. The molecule has 0 fully saturated rings. The zero-order chi connectivity index (χ0) is 34.9. The van der Waals surface area contributed by atoms with E-state index < -0.39 is 0 Å². The van der Waals surface area contributed by atoms with Gasteiger partial charge in [0.2, 0.25) is 0 Å². The summed E-state index contributed by atoms with van der Waals surface area (Å²) < 4.78 is 7.35. The van der Waals surface area contributed by atoms with Crippen molar-refractivity contribution in [3.63, 3.8) is 0 Å². The van der Waals surface area contributed by atoms with Crippen LogP contribution in [0.3, 0.4) is 0 Å². The second-order valence-electron chi connectivity index (χ2n) is 17.4. The Morgan fingerprint density at radius 2 is 1.18 bits per heavy atom. The van der Waals surface area contributed by atoms with Gasteiger partial charge in [-0.15, -0.1) is 0 Å². The molecule has 5 aromatic carbocycles. The van der Waals surface area contributed by atoms with E-state index in [1.54, 1.807) is 0 Å². The summed E-state index contributed by atoms with van der Waals surface area (Å²) in [6.07, 6.45) is 2.34. The molecule has 250 valence electrons. The van der Waals surface area contributed by atoms with E-state index in [1.165, 1.54) is 91.1 Å². The van der Waals surface area contributed by atoms with Crippen LogP contribution in [-0.2, 0) is 16.2 Å². The minimum absolute atomic E-state index is 0.00288. The van der Waals surface area contributed by atoms with Crippen molar-refractivity contribution in [2.75, 3.05) is 9.80 Å². The first kappa shape index (κ1) is 31.3. The van der Waals surface area contributed by atoms with Crippen LogP contribution in [-0.4, -0.2) is 6.71 Å². The van der Waals surface area contributed by atoms with Crippen molar-refractivity contribution in [2.24, 2.45) is 0 Å². The van der Waals surface area contributed by atoms with E-state index in [9.17, 15) is 0 Å². The van der Waals surface area contributed by atoms with Crippen molar-refractivity contribution in [1.82, 2.24) is 0 Å². The molecule has 3 heterocycles. The highest BCUT2D eigenvalue weighted by Crippen LogP contribution is 2.51. The van der Waals surface area contributed by atoms with Crippen LogP contribution in [0.15, 0.2) is 101 Å². The van der Waals surface area contributed by atoms with Crippen LogP contribution in [0.1, 0.15) is 89.1 Å². The lowest BCUT2D eigenvalue weighted by atomic mass is 9.35. The Morgan fingerprint density at radius 1 is 0.620 bits per heavy atom. The smallest absolute Gasteiger partial charge is 0.297 e. The second kappa shape index (κ2) is 10.4. The minimum Gasteiger partial charge on any atom is -0.468 e. The Balaban J connectivity index is 1.43. The molecule has 0 amide bonds. The third kappa shape index (κ3) is 4.36. The molecule has 0 unspecified atom stereocenters. The number of aryl methyl sites for hydroxylation is 2. The van der Waals surface area contributed by atoms with Gasteiger partial charge in [-0.2, -0.15) is 0 Å². The lowest BCUT2D eigenvalue weighted by Gasteiger charge is -2.43. The van der Waals surface area contributed by atoms with Gasteiger partial charge in [-0.1, -0.05) is 103 Å². The molecular formula is C46H47BN2O. The van der Waals surface area contributed by atoms with Crippen molar-refractivity contribution < 1.29 is 4.42 Å². The van der Waals surface area contributed by atoms with E-state index in [0.717, 1.165) is 11.2 Å². The van der Waals surface area contributed by atoms with Gasteiger partial charge in [-0.3, -0.25) is 0 Å². The Kier molecular flexibility index (Phi) is 6.52. The fourth-order valence-corrected chi connectivity index (χ4v) is 9.09. The van der Waals surface area contributed by atoms with Gasteiger partial charge in [-0.05, 0) is 124 Å². The Bertz CT molecular complexity index is 2370. The van der Waals surface area contributed by atoms with E-state index in [1.807, 2.05) is 0 Å². The first-order valence-electron chi connectivity index (χ1n) is 18.4. The maximum Gasteiger partial charge on any atom is 0.297 e. The van der Waals surface area contributed by atoms with Gasteiger partial charge in [0.05, 0.1) is 11.3 Å². The molecule has 6 aromatic rings. The fourth-order valence-electron chi connectivity index (χ4n) is 9.09. The number of benzene rings is 5. The number of rotatable bonds is 2. The van der Waals surface area contributed by atoms with E-state index in [2.05, 4.69) is 169 Å². The molecule has 0 saturated heterocycles. The van der Waals surface area contributed by atoms with Crippen LogP contribution in [0, 0.1) is 13.8 Å². The predicted molar refractivity (Wildman–Crippen MR) is 214 cm³/mol. The number of hydrogen-bond donors (Lipinski definition) is 0. The molecule has 0 radical (unpaired) electrons. The van der Waals surface area contributed by atoms with Crippen LogP contribution in [0.25, 0.3) is 11.0 Å². The topological polar surface area (TPSA) is 19.6 Å². The van der Waals surface area contributed by atoms with Crippen molar-refractivity contribution in [3.05, 3.63) is 125 Å². The molecule has 1 aromatic heterocycles. The quantitative estimate of drug-likeness (QED) is 0.173. The number of anilines is 6. The molecule has 50 heavy (non-hydrogen) atoms. The Morgan fingerprint density at radius 3 is 1.80 bits per heavy atom. The van der Waals surface area contributed by atoms with Crippen molar-refractivity contribution in [2.45, 2.75) is 91.4 Å². The molecule has 3 aliphatic rings. The monoisotopic (exact) mass is 654 g/mol. The number of furan rings is 1. The van der Waals surface area contributed by atoms with Gasteiger partial charge >= 0.3 is 0 Å². The molecule has 4 heteroatoms. The number of hydrogen-bond acceptors (Lipinski definition) is 3. The molecule has 3 nitrogen and oxygen atoms in total. The standard InChI is InChI=1S/C46H47BN2O/c1-28-15-10-12-17-35(28)48-37-22-21-30(44(3,4)5)25-34(37)47-41-38(48)19-14-20-39(41)49(36-18-13-11-16-29(36)2)42-31-26-32-33(27-40(31)50-43(42)47)46(8,9)24-23-45(32,6)7/h10-22,25-27H,23-24H2,1-9H3. The number of para-hydroxylation sites is 2. The average molecular weight is 655 g/mol. The summed E-state index contributed by atoms with van der Waals surface area (Å²) in [5, 5.41) is 1.21. The number of nitrogens with zero attached hydrogens (tertiary/aromatic N) is 2. The fraction of sp³-hybridized carbons (Fsp3) is 0.304. The van der Waals surface area contributed by atoms with E-state index >= 15 is 0 Å². The van der Waals surface area contributed by atoms with Gasteiger partial charge in [0.25, 0.3) is 6.71 Å². The molecule has 2 aliphatic heterocycles. The molecule has 0 atom stereocenters. The van der Waals surface area contributed by atoms with Gasteiger partial charge in [0.1, 0.15) is 5.58 Å². The highest BCUT2D eigenvalue weighted by molar-refractivity contribution is 7.00. The molecule has 9 rings (SSSR count). The summed E-state index contributed by atoms with van der Waals surface area (Å²) in [4.78, 5) is 5.02. The third-order valence-corrected chi connectivity index (χ3v) is 12.1. The Hall–Kier alpha value is -4.70. The van der Waals surface area contributed by atoms with Crippen molar-refractivity contribution >= 4 is 68.4 Å².